The third-order valence-corrected chi connectivity index (χ3v) is 3.92. The summed E-state index contributed by atoms with van der Waals surface area (Å²) in [5, 5.41) is 4.32. The molecule has 21 heavy (non-hydrogen) atoms. The van der Waals surface area contributed by atoms with Gasteiger partial charge in [0, 0.05) is 24.2 Å². The van der Waals surface area contributed by atoms with Crippen LogP contribution in [0.15, 0.2) is 48.5 Å². The highest BCUT2D eigenvalue weighted by Gasteiger charge is 2.13. The van der Waals surface area contributed by atoms with Crippen LogP contribution in [-0.2, 0) is 6.54 Å². The van der Waals surface area contributed by atoms with Crippen molar-refractivity contribution in [2.24, 2.45) is 0 Å². The molecule has 2 nitrogen and oxygen atoms in total. The Bertz CT molecular complexity index is 546. The molecule has 0 fully saturated rings. The van der Waals surface area contributed by atoms with E-state index in [-0.39, 0.29) is 0 Å². The van der Waals surface area contributed by atoms with Gasteiger partial charge in [-0.3, -0.25) is 0 Å². The van der Waals surface area contributed by atoms with E-state index >= 15 is 0 Å². The summed E-state index contributed by atoms with van der Waals surface area (Å²) in [6.07, 6.45) is 0. The number of hydrogen-bond acceptors (Lipinski definition) is 2. The maximum atomic E-state index is 5.96. The Morgan fingerprint density at radius 1 is 1.00 bits per heavy atom. The van der Waals surface area contributed by atoms with Crippen molar-refractivity contribution in [3.63, 3.8) is 0 Å². The molecule has 2 aromatic carbocycles. The second-order valence-corrected chi connectivity index (χ2v) is 6.08. The van der Waals surface area contributed by atoms with Crippen LogP contribution in [0.2, 0.25) is 5.02 Å². The highest BCUT2D eigenvalue weighted by atomic mass is 35.5. The number of likely N-dealkylation sites (N-methyl/N-ethyl adjacent to an activating group) is 1. The van der Waals surface area contributed by atoms with Gasteiger partial charge in [0.2, 0.25) is 0 Å². The van der Waals surface area contributed by atoms with Gasteiger partial charge < -0.3 is 10.2 Å². The van der Waals surface area contributed by atoms with Crippen molar-refractivity contribution in [2.45, 2.75) is 19.5 Å². The zero-order chi connectivity index (χ0) is 15.2. The van der Waals surface area contributed by atoms with Gasteiger partial charge in [0.1, 0.15) is 0 Å². The first-order chi connectivity index (χ1) is 10.1. The quantitative estimate of drug-likeness (QED) is 0.866. The molecule has 0 radical (unpaired) electrons. The van der Waals surface area contributed by atoms with Gasteiger partial charge in [0.15, 0.2) is 0 Å². The second kappa shape index (κ2) is 7.60. The van der Waals surface area contributed by atoms with E-state index < -0.39 is 0 Å². The molecule has 0 aliphatic heterocycles. The summed E-state index contributed by atoms with van der Waals surface area (Å²) < 4.78 is 0. The van der Waals surface area contributed by atoms with E-state index in [4.69, 9.17) is 11.6 Å². The van der Waals surface area contributed by atoms with E-state index in [1.807, 2.05) is 12.1 Å². The van der Waals surface area contributed by atoms with Crippen LogP contribution >= 0.6 is 11.6 Å². The van der Waals surface area contributed by atoms with Gasteiger partial charge in [-0.25, -0.2) is 0 Å². The third-order valence-electron chi connectivity index (χ3n) is 3.67. The molecule has 3 heteroatoms. The first-order valence-electron chi connectivity index (χ1n) is 7.24. The molecule has 0 bridgehead atoms. The maximum absolute atomic E-state index is 5.96. The van der Waals surface area contributed by atoms with E-state index in [2.05, 4.69) is 67.6 Å². The Kier molecular flexibility index (Phi) is 5.80. The molecule has 0 aliphatic rings. The number of nitrogens with zero attached hydrogens (tertiary/aromatic N) is 1. The number of hydrogen-bond donors (Lipinski definition) is 1. The lowest BCUT2D eigenvalue weighted by molar-refractivity contribution is 0.288. The summed E-state index contributed by atoms with van der Waals surface area (Å²) in [6.45, 7) is 3.90. The lowest BCUT2D eigenvalue weighted by atomic mass is 10.1. The Balaban J connectivity index is 1.94. The van der Waals surface area contributed by atoms with Gasteiger partial charge in [-0.1, -0.05) is 53.6 Å². The Hall–Kier alpha value is -1.35. The molecule has 0 saturated heterocycles. The van der Waals surface area contributed by atoms with Crippen LogP contribution < -0.4 is 5.32 Å². The molecule has 112 valence electrons. The van der Waals surface area contributed by atoms with Crippen molar-refractivity contribution in [1.29, 1.82) is 0 Å². The van der Waals surface area contributed by atoms with Crippen LogP contribution in [0.25, 0.3) is 0 Å². The van der Waals surface area contributed by atoms with Gasteiger partial charge in [0.25, 0.3) is 0 Å². The predicted octanol–water partition coefficient (Wildman–Crippen LogP) is 4.04. The molecule has 0 heterocycles. The first kappa shape index (κ1) is 16.0. The smallest absolute Gasteiger partial charge is 0.0466 e. The van der Waals surface area contributed by atoms with Gasteiger partial charge in [0.05, 0.1) is 0 Å². The number of aryl methyl sites for hydroxylation is 1. The molecule has 2 rings (SSSR count). The van der Waals surface area contributed by atoms with Crippen molar-refractivity contribution in [2.75, 3.05) is 20.6 Å². The average molecular weight is 303 g/mol. The second-order valence-electron chi connectivity index (χ2n) is 5.65. The molecule has 0 aromatic heterocycles. The monoisotopic (exact) mass is 302 g/mol. The predicted molar refractivity (Wildman–Crippen MR) is 90.8 cm³/mol. The minimum atomic E-state index is 0.340. The first-order valence-corrected chi connectivity index (χ1v) is 7.62. The molecular weight excluding hydrogens is 280 g/mol. The Labute approximate surface area is 132 Å². The van der Waals surface area contributed by atoms with Crippen LogP contribution in [0.1, 0.15) is 22.7 Å². The largest absolute Gasteiger partial charge is 0.311 e. The molecule has 0 amide bonds. The maximum Gasteiger partial charge on any atom is 0.0466 e. The normalized spacial score (nSPS) is 12.6. The fraction of sp³-hybridized carbons (Fsp3) is 0.333. The lowest BCUT2D eigenvalue weighted by Crippen LogP contribution is -2.30. The number of halogens is 1. The highest BCUT2D eigenvalue weighted by molar-refractivity contribution is 6.30. The van der Waals surface area contributed by atoms with E-state index in [1.165, 1.54) is 16.7 Å². The van der Waals surface area contributed by atoms with Gasteiger partial charge >= 0.3 is 0 Å². The van der Waals surface area contributed by atoms with Crippen molar-refractivity contribution < 1.29 is 0 Å². The third kappa shape index (κ3) is 4.85. The van der Waals surface area contributed by atoms with E-state index in [9.17, 15) is 0 Å². The number of rotatable bonds is 6. The van der Waals surface area contributed by atoms with Gasteiger partial charge in [-0.05, 0) is 44.3 Å². The van der Waals surface area contributed by atoms with Crippen LogP contribution in [0, 0.1) is 6.92 Å². The summed E-state index contributed by atoms with van der Waals surface area (Å²) in [5.41, 5.74) is 3.89. The number of nitrogens with one attached hydrogen (secondary N) is 1. The minimum absolute atomic E-state index is 0.340. The fourth-order valence-corrected chi connectivity index (χ4v) is 2.47. The molecule has 1 atom stereocenters. The van der Waals surface area contributed by atoms with Crippen molar-refractivity contribution >= 4 is 11.6 Å². The summed E-state index contributed by atoms with van der Waals surface area (Å²) in [5.74, 6) is 0. The minimum Gasteiger partial charge on any atom is -0.311 e. The zero-order valence-electron chi connectivity index (χ0n) is 12.9. The molecule has 0 spiro atoms. The van der Waals surface area contributed by atoms with Crippen molar-refractivity contribution in [1.82, 2.24) is 10.2 Å². The van der Waals surface area contributed by atoms with E-state index in [0.29, 0.717) is 6.04 Å². The summed E-state index contributed by atoms with van der Waals surface area (Å²) in [7, 11) is 4.21. The molecule has 1 unspecified atom stereocenters. The Morgan fingerprint density at radius 3 is 2.19 bits per heavy atom. The topological polar surface area (TPSA) is 15.3 Å². The van der Waals surface area contributed by atoms with Crippen molar-refractivity contribution in [3.05, 3.63) is 70.2 Å². The van der Waals surface area contributed by atoms with E-state index in [1.54, 1.807) is 0 Å². The standard InChI is InChI=1S/C18H23ClN2/c1-14-4-6-15(7-5-14)12-20-13-18(21(2)3)16-8-10-17(19)11-9-16/h4-11,18,20H,12-13H2,1-3H3. The summed E-state index contributed by atoms with van der Waals surface area (Å²) in [4.78, 5) is 2.23. The molecule has 0 saturated carbocycles. The molecule has 2 aromatic rings. The Morgan fingerprint density at radius 2 is 1.62 bits per heavy atom. The highest BCUT2D eigenvalue weighted by Crippen LogP contribution is 2.20. The van der Waals surface area contributed by atoms with Crippen LogP contribution in [0.4, 0.5) is 0 Å². The molecular formula is C18H23ClN2. The SMILES string of the molecule is Cc1ccc(CNCC(c2ccc(Cl)cc2)N(C)C)cc1. The zero-order valence-corrected chi connectivity index (χ0v) is 13.7. The average Bonchev–Trinajstić information content (AvgIpc) is 2.46. The van der Waals surface area contributed by atoms with Gasteiger partial charge in [-0.15, -0.1) is 0 Å². The molecule has 0 aliphatic carbocycles. The summed E-state index contributed by atoms with van der Waals surface area (Å²) in [6, 6.07) is 17.1. The number of benzene rings is 2. The lowest BCUT2D eigenvalue weighted by Gasteiger charge is -2.25. The summed E-state index contributed by atoms with van der Waals surface area (Å²) >= 11 is 5.96. The molecule has 1 N–H and O–H groups in total. The van der Waals surface area contributed by atoms with Crippen LogP contribution in [0.5, 0.6) is 0 Å². The van der Waals surface area contributed by atoms with Crippen molar-refractivity contribution in [3.8, 4) is 0 Å². The van der Waals surface area contributed by atoms with Crippen LogP contribution in [-0.4, -0.2) is 25.5 Å². The fourth-order valence-electron chi connectivity index (χ4n) is 2.34. The van der Waals surface area contributed by atoms with E-state index in [0.717, 1.165) is 18.1 Å². The van der Waals surface area contributed by atoms with Gasteiger partial charge in [-0.2, -0.15) is 0 Å². The van der Waals surface area contributed by atoms with Crippen LogP contribution in [0.3, 0.4) is 0 Å².